The molecule has 0 saturated carbocycles. The minimum atomic E-state index is -0.577. The Morgan fingerprint density at radius 3 is 2.77 bits per heavy atom. The third-order valence-electron chi connectivity index (χ3n) is 4.10. The molecule has 1 fully saturated rings. The number of hydrogen-bond acceptors (Lipinski definition) is 5. The second kappa shape index (κ2) is 6.32. The van der Waals surface area contributed by atoms with Gasteiger partial charge in [-0.3, -0.25) is 4.79 Å². The first-order valence-corrected chi connectivity index (χ1v) is 7.55. The number of likely N-dealkylation sites (tertiary alicyclic amines) is 1. The molecule has 0 radical (unpaired) electrons. The van der Waals surface area contributed by atoms with Gasteiger partial charge < -0.3 is 14.1 Å². The molecule has 5 heteroatoms. The van der Waals surface area contributed by atoms with Gasteiger partial charge in [0.05, 0.1) is 7.11 Å². The highest BCUT2D eigenvalue weighted by molar-refractivity contribution is 5.98. The molecule has 0 spiro atoms. The lowest BCUT2D eigenvalue weighted by molar-refractivity contribution is 0.0965. The summed E-state index contributed by atoms with van der Waals surface area (Å²) < 4.78 is 10.4. The van der Waals surface area contributed by atoms with Crippen molar-refractivity contribution in [2.75, 3.05) is 26.7 Å². The molecule has 5 nitrogen and oxygen atoms in total. The fraction of sp³-hybridized carbons (Fsp3) is 0.412. The van der Waals surface area contributed by atoms with Crippen LogP contribution in [0.25, 0.3) is 11.0 Å². The molecule has 3 rings (SSSR count). The summed E-state index contributed by atoms with van der Waals surface area (Å²) in [5, 5.41) is 0.727. The number of fused-ring (bicyclic) bond motifs is 1. The van der Waals surface area contributed by atoms with E-state index in [4.69, 9.17) is 9.15 Å². The minimum absolute atomic E-state index is 0.136. The molecule has 1 saturated heterocycles. The van der Waals surface area contributed by atoms with Gasteiger partial charge in [0.1, 0.15) is 16.9 Å². The topological polar surface area (TPSA) is 59.8 Å². The molecule has 1 aliphatic heterocycles. The van der Waals surface area contributed by atoms with Crippen LogP contribution in [0, 0.1) is 0 Å². The Bertz CT molecular complexity index is 744. The third kappa shape index (κ3) is 3.04. The molecule has 0 unspecified atom stereocenters. The average Bonchev–Trinajstić information content (AvgIpc) is 3.04. The maximum atomic E-state index is 12.3. The number of ketones is 1. The van der Waals surface area contributed by atoms with Crippen molar-refractivity contribution in [3.05, 3.63) is 40.2 Å². The summed E-state index contributed by atoms with van der Waals surface area (Å²) in [5.41, 5.74) is -0.00974. The maximum Gasteiger partial charge on any atom is 0.347 e. The summed E-state index contributed by atoms with van der Waals surface area (Å²) in [4.78, 5) is 26.6. The summed E-state index contributed by atoms with van der Waals surface area (Å²) >= 11 is 0. The molecule has 0 atom stereocenters. The van der Waals surface area contributed by atoms with Gasteiger partial charge in [0.15, 0.2) is 5.78 Å². The predicted molar refractivity (Wildman–Crippen MR) is 83.7 cm³/mol. The molecule has 0 aliphatic carbocycles. The maximum absolute atomic E-state index is 12.3. The Kier molecular flexibility index (Phi) is 4.24. The minimum Gasteiger partial charge on any atom is -0.497 e. The van der Waals surface area contributed by atoms with Crippen LogP contribution in [0.3, 0.4) is 0 Å². The van der Waals surface area contributed by atoms with Crippen LogP contribution in [0.5, 0.6) is 5.75 Å². The lowest BCUT2D eigenvalue weighted by Gasteiger charge is -2.13. The van der Waals surface area contributed by atoms with Crippen LogP contribution in [0.2, 0.25) is 0 Å². The van der Waals surface area contributed by atoms with Crippen LogP contribution in [0.1, 0.15) is 29.6 Å². The van der Waals surface area contributed by atoms with E-state index in [9.17, 15) is 9.59 Å². The van der Waals surface area contributed by atoms with Crippen molar-refractivity contribution in [2.24, 2.45) is 0 Å². The number of methoxy groups -OCH3 is 1. The van der Waals surface area contributed by atoms with Crippen molar-refractivity contribution >= 4 is 16.8 Å². The Hall–Kier alpha value is -2.14. The number of Topliss-reactive ketones (excluding diaryl/α,β-unsaturated/α-hetero) is 1. The van der Waals surface area contributed by atoms with Crippen molar-refractivity contribution in [1.82, 2.24) is 4.90 Å². The Morgan fingerprint density at radius 1 is 1.27 bits per heavy atom. The number of carbonyl (C=O) groups excluding carboxylic acids is 1. The highest BCUT2D eigenvalue weighted by Gasteiger charge is 2.17. The van der Waals surface area contributed by atoms with E-state index in [-0.39, 0.29) is 11.3 Å². The number of hydrogen-bond donors (Lipinski definition) is 0. The zero-order chi connectivity index (χ0) is 15.5. The molecule has 116 valence electrons. The molecule has 0 N–H and O–H groups in total. The molecular formula is C17H19NO4. The summed E-state index contributed by atoms with van der Waals surface area (Å²) in [6.45, 7) is 2.79. The molecule has 22 heavy (non-hydrogen) atoms. The second-order valence-electron chi connectivity index (χ2n) is 5.57. The van der Waals surface area contributed by atoms with Gasteiger partial charge in [-0.2, -0.15) is 0 Å². The highest BCUT2D eigenvalue weighted by Crippen LogP contribution is 2.20. The van der Waals surface area contributed by atoms with Gasteiger partial charge in [0, 0.05) is 24.4 Å². The molecule has 1 aliphatic rings. The van der Waals surface area contributed by atoms with Gasteiger partial charge in [0.25, 0.3) is 0 Å². The molecule has 0 bridgehead atoms. The Balaban J connectivity index is 1.81. The fourth-order valence-corrected chi connectivity index (χ4v) is 2.81. The van der Waals surface area contributed by atoms with Gasteiger partial charge in [-0.15, -0.1) is 0 Å². The predicted octanol–water partition coefficient (Wildman–Crippen LogP) is 2.47. The fourth-order valence-electron chi connectivity index (χ4n) is 2.81. The summed E-state index contributed by atoms with van der Waals surface area (Å²) in [7, 11) is 1.55. The molecule has 2 heterocycles. The van der Waals surface area contributed by atoms with Gasteiger partial charge in [-0.25, -0.2) is 4.79 Å². The second-order valence-corrected chi connectivity index (χ2v) is 5.57. The Labute approximate surface area is 128 Å². The quantitative estimate of drug-likeness (QED) is 0.627. The summed E-state index contributed by atoms with van der Waals surface area (Å²) in [6.07, 6.45) is 2.73. The van der Waals surface area contributed by atoms with Crippen LogP contribution in [0.15, 0.2) is 33.5 Å². The van der Waals surface area contributed by atoms with Gasteiger partial charge in [-0.1, -0.05) is 0 Å². The zero-order valence-corrected chi connectivity index (χ0v) is 12.6. The van der Waals surface area contributed by atoms with E-state index >= 15 is 0 Å². The normalized spacial score (nSPS) is 15.3. The van der Waals surface area contributed by atoms with Crippen molar-refractivity contribution < 1.29 is 13.9 Å². The van der Waals surface area contributed by atoms with Crippen LogP contribution in [0.4, 0.5) is 0 Å². The third-order valence-corrected chi connectivity index (χ3v) is 4.10. The molecule has 2 aromatic rings. The zero-order valence-electron chi connectivity index (χ0n) is 12.6. The lowest BCUT2D eigenvalue weighted by atomic mass is 10.1. The Morgan fingerprint density at radius 2 is 2.05 bits per heavy atom. The van der Waals surface area contributed by atoms with E-state index in [2.05, 4.69) is 4.90 Å². The van der Waals surface area contributed by atoms with Gasteiger partial charge >= 0.3 is 5.63 Å². The van der Waals surface area contributed by atoms with Gasteiger partial charge in [-0.05, 0) is 44.1 Å². The van der Waals surface area contributed by atoms with E-state index in [0.717, 1.165) is 18.5 Å². The molecule has 1 aromatic carbocycles. The van der Waals surface area contributed by atoms with Crippen LogP contribution >= 0.6 is 0 Å². The van der Waals surface area contributed by atoms with E-state index in [1.54, 1.807) is 31.4 Å². The van der Waals surface area contributed by atoms with Gasteiger partial charge in [0.2, 0.25) is 0 Å². The number of ether oxygens (including phenoxy) is 1. The average molecular weight is 301 g/mol. The first-order valence-electron chi connectivity index (χ1n) is 7.55. The first kappa shape index (κ1) is 14.8. The van der Waals surface area contributed by atoms with E-state index in [0.29, 0.717) is 24.3 Å². The lowest BCUT2D eigenvalue weighted by Crippen LogP contribution is -2.24. The van der Waals surface area contributed by atoms with E-state index in [1.165, 1.54) is 12.8 Å². The SMILES string of the molecule is COc1ccc2cc(C(=O)CCN3CCCC3)c(=O)oc2c1. The molecule has 0 amide bonds. The van der Waals surface area contributed by atoms with Crippen molar-refractivity contribution in [3.8, 4) is 5.75 Å². The monoisotopic (exact) mass is 301 g/mol. The van der Waals surface area contributed by atoms with Crippen LogP contribution in [-0.2, 0) is 0 Å². The number of benzene rings is 1. The largest absolute Gasteiger partial charge is 0.497 e. The van der Waals surface area contributed by atoms with Crippen LogP contribution in [-0.4, -0.2) is 37.4 Å². The molecular weight excluding hydrogens is 282 g/mol. The van der Waals surface area contributed by atoms with E-state index in [1.807, 2.05) is 0 Å². The standard InChI is InChI=1S/C17H19NO4/c1-21-13-5-4-12-10-14(17(20)22-16(12)11-13)15(19)6-9-18-7-2-3-8-18/h4-5,10-11H,2-3,6-9H2,1H3. The van der Waals surface area contributed by atoms with Crippen molar-refractivity contribution in [3.63, 3.8) is 0 Å². The van der Waals surface area contributed by atoms with E-state index < -0.39 is 5.63 Å². The number of rotatable bonds is 5. The number of nitrogens with zero attached hydrogens (tertiary/aromatic N) is 1. The van der Waals surface area contributed by atoms with Crippen molar-refractivity contribution in [2.45, 2.75) is 19.3 Å². The summed E-state index contributed by atoms with van der Waals surface area (Å²) in [5.74, 6) is 0.460. The summed E-state index contributed by atoms with van der Waals surface area (Å²) in [6, 6.07) is 6.83. The smallest absolute Gasteiger partial charge is 0.347 e. The van der Waals surface area contributed by atoms with Crippen LogP contribution < -0.4 is 10.4 Å². The van der Waals surface area contributed by atoms with Crippen molar-refractivity contribution in [1.29, 1.82) is 0 Å². The number of carbonyl (C=O) groups is 1. The highest BCUT2D eigenvalue weighted by atomic mass is 16.5. The first-order chi connectivity index (χ1) is 10.7. The molecule has 1 aromatic heterocycles.